The van der Waals surface area contributed by atoms with E-state index in [1.165, 1.54) is 35.3 Å². The monoisotopic (exact) mass is 273 g/mol. The van der Waals surface area contributed by atoms with Crippen LogP contribution in [0.3, 0.4) is 0 Å². The predicted molar refractivity (Wildman–Crippen MR) is 77.3 cm³/mol. The van der Waals surface area contributed by atoms with Crippen LogP contribution in [-0.4, -0.2) is 17.4 Å². The molecule has 2 aromatic rings. The minimum atomic E-state index is -0.213. The van der Waals surface area contributed by atoms with E-state index in [-0.39, 0.29) is 12.5 Å². The fourth-order valence-electron chi connectivity index (χ4n) is 2.37. The Morgan fingerprint density at radius 1 is 1.37 bits per heavy atom. The number of nitrogens with zero attached hydrogens (tertiary/aromatic N) is 1. The first kappa shape index (κ1) is 12.3. The summed E-state index contributed by atoms with van der Waals surface area (Å²) >= 11 is 1.42. The van der Waals surface area contributed by atoms with E-state index in [1.54, 1.807) is 0 Å². The zero-order valence-corrected chi connectivity index (χ0v) is 11.3. The van der Waals surface area contributed by atoms with Gasteiger partial charge in [0, 0.05) is 10.9 Å². The number of amides is 1. The first-order chi connectivity index (χ1) is 9.26. The van der Waals surface area contributed by atoms with Crippen LogP contribution in [0.25, 0.3) is 11.3 Å². The van der Waals surface area contributed by atoms with Gasteiger partial charge in [0.1, 0.15) is 0 Å². The molecule has 0 saturated heterocycles. The normalized spacial score (nSPS) is 13.3. The molecule has 1 amide bonds. The molecule has 0 radical (unpaired) electrons. The molecule has 1 aliphatic carbocycles. The third kappa shape index (κ3) is 2.52. The summed E-state index contributed by atoms with van der Waals surface area (Å²) in [4.78, 5) is 15.6. The summed E-state index contributed by atoms with van der Waals surface area (Å²) in [5, 5.41) is 5.24. The zero-order chi connectivity index (χ0) is 13.2. The van der Waals surface area contributed by atoms with Gasteiger partial charge in [-0.2, -0.15) is 0 Å². The van der Waals surface area contributed by atoms with Crippen LogP contribution < -0.4 is 11.1 Å². The average Bonchev–Trinajstić information content (AvgIpc) is 3.05. The maximum Gasteiger partial charge on any atom is 0.239 e. The SMILES string of the molecule is NCC(=O)Nc1nc(-c2ccc3c(c2)CCC3)cs1. The molecular formula is C14H15N3OS. The Balaban J connectivity index is 1.84. The number of fused-ring (bicyclic) bond motifs is 1. The topological polar surface area (TPSA) is 68.0 Å². The number of thiazole rings is 1. The molecule has 0 fully saturated rings. The molecule has 3 N–H and O–H groups in total. The molecule has 0 bridgehead atoms. The Hall–Kier alpha value is -1.72. The van der Waals surface area contributed by atoms with Crippen molar-refractivity contribution in [2.24, 2.45) is 5.73 Å². The lowest BCUT2D eigenvalue weighted by atomic mass is 10.1. The molecule has 19 heavy (non-hydrogen) atoms. The van der Waals surface area contributed by atoms with Crippen molar-refractivity contribution in [3.05, 3.63) is 34.7 Å². The molecular weight excluding hydrogens is 258 g/mol. The number of hydrogen-bond donors (Lipinski definition) is 2. The van der Waals surface area contributed by atoms with E-state index >= 15 is 0 Å². The first-order valence-electron chi connectivity index (χ1n) is 6.34. The lowest BCUT2D eigenvalue weighted by Crippen LogP contribution is -2.21. The Morgan fingerprint density at radius 3 is 3.05 bits per heavy atom. The van der Waals surface area contributed by atoms with Gasteiger partial charge in [0.2, 0.25) is 5.91 Å². The third-order valence-electron chi connectivity index (χ3n) is 3.33. The number of nitrogens with one attached hydrogen (secondary N) is 1. The molecule has 1 aromatic carbocycles. The summed E-state index contributed by atoms with van der Waals surface area (Å²) in [5.41, 5.74) is 10.2. The van der Waals surface area contributed by atoms with Crippen LogP contribution in [0.1, 0.15) is 17.5 Å². The standard InChI is InChI=1S/C14H15N3OS/c15-7-13(18)17-14-16-12(8-19-14)11-5-4-9-2-1-3-10(9)6-11/h4-6,8H,1-3,7,15H2,(H,16,17,18). The molecule has 5 heteroatoms. The highest BCUT2D eigenvalue weighted by Gasteiger charge is 2.13. The van der Waals surface area contributed by atoms with E-state index < -0.39 is 0 Å². The van der Waals surface area contributed by atoms with Gasteiger partial charge in [-0.3, -0.25) is 4.79 Å². The Morgan fingerprint density at radius 2 is 2.21 bits per heavy atom. The molecule has 0 aliphatic heterocycles. The number of carbonyl (C=O) groups excluding carboxylic acids is 1. The lowest BCUT2D eigenvalue weighted by molar-refractivity contribution is -0.114. The zero-order valence-electron chi connectivity index (χ0n) is 10.5. The van der Waals surface area contributed by atoms with Crippen LogP contribution in [-0.2, 0) is 17.6 Å². The maximum atomic E-state index is 11.2. The van der Waals surface area contributed by atoms with Crippen LogP contribution in [0.2, 0.25) is 0 Å². The van der Waals surface area contributed by atoms with Crippen molar-refractivity contribution in [2.45, 2.75) is 19.3 Å². The van der Waals surface area contributed by atoms with Gasteiger partial charge in [-0.05, 0) is 36.5 Å². The number of rotatable bonds is 3. The number of aryl methyl sites for hydroxylation is 2. The molecule has 0 spiro atoms. The summed E-state index contributed by atoms with van der Waals surface area (Å²) in [6.07, 6.45) is 3.59. The highest BCUT2D eigenvalue weighted by molar-refractivity contribution is 7.14. The highest BCUT2D eigenvalue weighted by atomic mass is 32.1. The third-order valence-corrected chi connectivity index (χ3v) is 4.09. The summed E-state index contributed by atoms with van der Waals surface area (Å²) in [6.45, 7) is -0.0201. The Bertz CT molecular complexity index is 621. The molecule has 98 valence electrons. The van der Waals surface area contributed by atoms with Gasteiger partial charge in [0.15, 0.2) is 5.13 Å². The second-order valence-corrected chi connectivity index (χ2v) is 5.49. The van der Waals surface area contributed by atoms with E-state index in [0.29, 0.717) is 5.13 Å². The van der Waals surface area contributed by atoms with Gasteiger partial charge in [-0.1, -0.05) is 12.1 Å². The summed E-state index contributed by atoms with van der Waals surface area (Å²) in [7, 11) is 0. The summed E-state index contributed by atoms with van der Waals surface area (Å²) < 4.78 is 0. The Labute approximate surface area is 115 Å². The second kappa shape index (κ2) is 5.11. The average molecular weight is 273 g/mol. The van der Waals surface area contributed by atoms with E-state index in [2.05, 4.69) is 28.5 Å². The van der Waals surface area contributed by atoms with Gasteiger partial charge in [-0.25, -0.2) is 4.98 Å². The number of aromatic nitrogens is 1. The van der Waals surface area contributed by atoms with Gasteiger partial charge in [0.25, 0.3) is 0 Å². The van der Waals surface area contributed by atoms with Crippen LogP contribution in [0.5, 0.6) is 0 Å². The van der Waals surface area contributed by atoms with Gasteiger partial charge < -0.3 is 11.1 Å². The van der Waals surface area contributed by atoms with E-state index in [4.69, 9.17) is 5.73 Å². The quantitative estimate of drug-likeness (QED) is 0.900. The largest absolute Gasteiger partial charge is 0.322 e. The van der Waals surface area contributed by atoms with Crippen molar-refractivity contribution in [3.8, 4) is 11.3 Å². The van der Waals surface area contributed by atoms with Crippen LogP contribution in [0, 0.1) is 0 Å². The van der Waals surface area contributed by atoms with Gasteiger partial charge in [-0.15, -0.1) is 11.3 Å². The number of hydrogen-bond acceptors (Lipinski definition) is 4. The second-order valence-electron chi connectivity index (χ2n) is 4.63. The van der Waals surface area contributed by atoms with Crippen molar-refractivity contribution in [2.75, 3.05) is 11.9 Å². The van der Waals surface area contributed by atoms with Crippen molar-refractivity contribution in [1.29, 1.82) is 0 Å². The number of nitrogens with two attached hydrogens (primary N) is 1. The van der Waals surface area contributed by atoms with Gasteiger partial charge >= 0.3 is 0 Å². The van der Waals surface area contributed by atoms with E-state index in [1.807, 2.05) is 5.38 Å². The molecule has 0 atom stereocenters. The summed E-state index contributed by atoms with van der Waals surface area (Å²) in [6, 6.07) is 6.51. The minimum absolute atomic E-state index is 0.0201. The van der Waals surface area contributed by atoms with Crippen molar-refractivity contribution < 1.29 is 4.79 Å². The smallest absolute Gasteiger partial charge is 0.239 e. The fraction of sp³-hybridized carbons (Fsp3) is 0.286. The molecule has 0 unspecified atom stereocenters. The van der Waals surface area contributed by atoms with Gasteiger partial charge in [0.05, 0.1) is 12.2 Å². The minimum Gasteiger partial charge on any atom is -0.322 e. The van der Waals surface area contributed by atoms with E-state index in [9.17, 15) is 4.79 Å². The van der Waals surface area contributed by atoms with Crippen LogP contribution >= 0.6 is 11.3 Å². The molecule has 3 rings (SSSR count). The van der Waals surface area contributed by atoms with E-state index in [0.717, 1.165) is 17.7 Å². The fourth-order valence-corrected chi connectivity index (χ4v) is 3.10. The highest BCUT2D eigenvalue weighted by Crippen LogP contribution is 2.29. The molecule has 4 nitrogen and oxygen atoms in total. The van der Waals surface area contributed by atoms with Crippen molar-refractivity contribution in [3.63, 3.8) is 0 Å². The van der Waals surface area contributed by atoms with Crippen LogP contribution in [0.4, 0.5) is 5.13 Å². The number of benzene rings is 1. The van der Waals surface area contributed by atoms with Crippen LogP contribution in [0.15, 0.2) is 23.6 Å². The molecule has 1 aromatic heterocycles. The summed E-state index contributed by atoms with van der Waals surface area (Å²) in [5.74, 6) is -0.213. The van der Waals surface area contributed by atoms with Crippen molar-refractivity contribution >= 4 is 22.4 Å². The predicted octanol–water partition coefficient (Wildman–Crippen LogP) is 2.20. The number of anilines is 1. The van der Waals surface area contributed by atoms with Crippen molar-refractivity contribution in [1.82, 2.24) is 4.98 Å². The molecule has 1 aliphatic rings. The first-order valence-corrected chi connectivity index (χ1v) is 7.22. The molecule has 0 saturated carbocycles. The maximum absolute atomic E-state index is 11.2. The number of carbonyl (C=O) groups is 1. The Kier molecular flexibility index (Phi) is 3.31. The lowest BCUT2D eigenvalue weighted by Gasteiger charge is -2.02. The molecule has 1 heterocycles.